The molecule has 0 saturated carbocycles. The number of rotatable bonds is 4. The zero-order chi connectivity index (χ0) is 13.9. The Morgan fingerprint density at radius 1 is 1.20 bits per heavy atom. The van der Waals surface area contributed by atoms with Crippen LogP contribution in [-0.4, -0.2) is 12.1 Å². The minimum atomic E-state index is 0.755. The molecule has 3 rings (SSSR count). The lowest BCUT2D eigenvalue weighted by atomic mass is 10.2. The minimum absolute atomic E-state index is 0.755. The highest BCUT2D eigenvalue weighted by molar-refractivity contribution is 9.10. The van der Waals surface area contributed by atoms with Gasteiger partial charge in [0.05, 0.1) is 17.3 Å². The predicted molar refractivity (Wildman–Crippen MR) is 87.6 cm³/mol. The van der Waals surface area contributed by atoms with E-state index in [-0.39, 0.29) is 0 Å². The van der Waals surface area contributed by atoms with Crippen LogP contribution in [0.2, 0.25) is 0 Å². The number of ether oxygens (including phenoxy) is 1. The zero-order valence-corrected chi connectivity index (χ0v) is 13.3. The summed E-state index contributed by atoms with van der Waals surface area (Å²) in [4.78, 5) is 4.58. The lowest BCUT2D eigenvalue weighted by molar-refractivity contribution is 0.414. The van der Waals surface area contributed by atoms with E-state index >= 15 is 0 Å². The highest BCUT2D eigenvalue weighted by atomic mass is 79.9. The fourth-order valence-electron chi connectivity index (χ4n) is 1.90. The van der Waals surface area contributed by atoms with E-state index in [2.05, 4.69) is 44.4 Å². The molecule has 5 heteroatoms. The Labute approximate surface area is 129 Å². The third-order valence-electron chi connectivity index (χ3n) is 2.95. The van der Waals surface area contributed by atoms with E-state index in [1.807, 2.05) is 24.3 Å². The van der Waals surface area contributed by atoms with Crippen LogP contribution in [0.5, 0.6) is 5.75 Å². The first kappa shape index (κ1) is 13.4. The van der Waals surface area contributed by atoms with Gasteiger partial charge in [-0.2, -0.15) is 0 Å². The molecule has 0 fully saturated rings. The van der Waals surface area contributed by atoms with Gasteiger partial charge in [0, 0.05) is 11.0 Å². The highest BCUT2D eigenvalue weighted by Gasteiger charge is 2.04. The van der Waals surface area contributed by atoms with Crippen molar-refractivity contribution in [3.63, 3.8) is 0 Å². The third kappa shape index (κ3) is 2.94. The van der Waals surface area contributed by atoms with Gasteiger partial charge in [-0.3, -0.25) is 0 Å². The van der Waals surface area contributed by atoms with Gasteiger partial charge < -0.3 is 10.1 Å². The first-order valence-corrected chi connectivity index (χ1v) is 7.78. The number of hydrogen-bond donors (Lipinski definition) is 1. The summed E-state index contributed by atoms with van der Waals surface area (Å²) in [5.41, 5.74) is 2.22. The van der Waals surface area contributed by atoms with Crippen LogP contribution in [-0.2, 0) is 6.54 Å². The highest BCUT2D eigenvalue weighted by Crippen LogP contribution is 2.28. The van der Waals surface area contributed by atoms with Crippen LogP contribution in [0.3, 0.4) is 0 Å². The van der Waals surface area contributed by atoms with Crippen LogP contribution in [0.4, 0.5) is 5.13 Å². The van der Waals surface area contributed by atoms with Gasteiger partial charge >= 0.3 is 0 Å². The van der Waals surface area contributed by atoms with Crippen LogP contribution in [0.15, 0.2) is 46.9 Å². The van der Waals surface area contributed by atoms with E-state index in [4.69, 9.17) is 4.74 Å². The summed E-state index contributed by atoms with van der Waals surface area (Å²) in [6.45, 7) is 0.755. The molecule has 20 heavy (non-hydrogen) atoms. The van der Waals surface area contributed by atoms with Crippen molar-refractivity contribution < 1.29 is 4.74 Å². The van der Waals surface area contributed by atoms with Crippen LogP contribution in [0.1, 0.15) is 5.56 Å². The van der Waals surface area contributed by atoms with E-state index in [9.17, 15) is 0 Å². The first-order chi connectivity index (χ1) is 9.74. The molecule has 102 valence electrons. The van der Waals surface area contributed by atoms with Crippen molar-refractivity contribution in [2.45, 2.75) is 6.54 Å². The van der Waals surface area contributed by atoms with Gasteiger partial charge in [0.2, 0.25) is 0 Å². The number of halogens is 1. The van der Waals surface area contributed by atoms with Gasteiger partial charge in [0.1, 0.15) is 5.75 Å². The summed E-state index contributed by atoms with van der Waals surface area (Å²) in [7, 11) is 1.67. The molecule has 0 aliphatic heterocycles. The van der Waals surface area contributed by atoms with Gasteiger partial charge in [0.15, 0.2) is 5.13 Å². The molecule has 0 amide bonds. The summed E-state index contributed by atoms with van der Waals surface area (Å²) in [6, 6.07) is 14.2. The molecular formula is C15H13BrN2OS. The quantitative estimate of drug-likeness (QED) is 0.743. The average Bonchev–Trinajstić information content (AvgIpc) is 2.87. The molecule has 2 aromatic carbocycles. The van der Waals surface area contributed by atoms with Crippen molar-refractivity contribution in [2.75, 3.05) is 12.4 Å². The minimum Gasteiger partial charge on any atom is -0.497 e. The number of hydrogen-bond acceptors (Lipinski definition) is 4. The molecule has 0 unspecified atom stereocenters. The molecule has 1 aromatic heterocycles. The van der Waals surface area contributed by atoms with Crippen LogP contribution in [0, 0.1) is 0 Å². The molecule has 0 saturated heterocycles. The van der Waals surface area contributed by atoms with E-state index in [0.29, 0.717) is 0 Å². The van der Waals surface area contributed by atoms with E-state index < -0.39 is 0 Å². The lowest BCUT2D eigenvalue weighted by Gasteiger charge is -2.04. The molecule has 3 aromatic rings. The standard InChI is InChI=1S/C15H13BrN2OS/c1-19-12-5-2-10(3-6-12)9-17-15-18-13-8-11(16)4-7-14(13)20-15/h2-8H,9H2,1H3,(H,17,18). The Balaban J connectivity index is 1.72. The molecule has 0 atom stereocenters. The number of aromatic nitrogens is 1. The smallest absolute Gasteiger partial charge is 0.184 e. The van der Waals surface area contributed by atoms with E-state index in [1.165, 1.54) is 10.3 Å². The molecule has 0 radical (unpaired) electrons. The summed E-state index contributed by atoms with van der Waals surface area (Å²) in [5.74, 6) is 0.874. The Morgan fingerprint density at radius 3 is 2.75 bits per heavy atom. The van der Waals surface area contributed by atoms with Crippen LogP contribution < -0.4 is 10.1 Å². The van der Waals surface area contributed by atoms with Gasteiger partial charge in [-0.25, -0.2) is 4.98 Å². The molecule has 0 aliphatic carbocycles. The number of nitrogens with one attached hydrogen (secondary N) is 1. The average molecular weight is 349 g/mol. The molecule has 0 spiro atoms. The fraction of sp³-hybridized carbons (Fsp3) is 0.133. The summed E-state index contributed by atoms with van der Waals surface area (Å²) >= 11 is 5.13. The number of nitrogens with zero attached hydrogens (tertiary/aromatic N) is 1. The molecule has 3 nitrogen and oxygen atoms in total. The number of anilines is 1. The normalized spacial score (nSPS) is 10.7. The van der Waals surface area contributed by atoms with Crippen molar-refractivity contribution in [1.29, 1.82) is 0 Å². The zero-order valence-electron chi connectivity index (χ0n) is 10.9. The van der Waals surface area contributed by atoms with E-state index in [1.54, 1.807) is 18.4 Å². The van der Waals surface area contributed by atoms with Gasteiger partial charge in [-0.1, -0.05) is 39.4 Å². The Kier molecular flexibility index (Phi) is 3.89. The van der Waals surface area contributed by atoms with Crippen molar-refractivity contribution >= 4 is 42.6 Å². The maximum Gasteiger partial charge on any atom is 0.184 e. The van der Waals surface area contributed by atoms with Crippen molar-refractivity contribution in [1.82, 2.24) is 4.98 Å². The predicted octanol–water partition coefficient (Wildman–Crippen LogP) is 4.68. The summed E-state index contributed by atoms with van der Waals surface area (Å²) in [5, 5.41) is 4.30. The lowest BCUT2D eigenvalue weighted by Crippen LogP contribution is -1.98. The SMILES string of the molecule is COc1ccc(CNc2nc3cc(Br)ccc3s2)cc1. The molecular weight excluding hydrogens is 336 g/mol. The molecule has 1 N–H and O–H groups in total. The van der Waals surface area contributed by atoms with Gasteiger partial charge in [-0.05, 0) is 35.9 Å². The summed E-state index contributed by atoms with van der Waals surface area (Å²) < 4.78 is 7.39. The number of benzene rings is 2. The molecule has 0 bridgehead atoms. The van der Waals surface area contributed by atoms with Gasteiger partial charge in [-0.15, -0.1) is 0 Å². The maximum atomic E-state index is 5.15. The van der Waals surface area contributed by atoms with E-state index in [0.717, 1.165) is 27.4 Å². The third-order valence-corrected chi connectivity index (χ3v) is 4.44. The molecule has 1 heterocycles. The molecule has 0 aliphatic rings. The largest absolute Gasteiger partial charge is 0.497 e. The second-order valence-corrected chi connectivity index (χ2v) is 6.28. The second-order valence-electron chi connectivity index (χ2n) is 4.33. The van der Waals surface area contributed by atoms with Crippen molar-refractivity contribution in [2.24, 2.45) is 0 Å². The Bertz CT molecular complexity index is 724. The monoisotopic (exact) mass is 348 g/mol. The van der Waals surface area contributed by atoms with Crippen LogP contribution in [0.25, 0.3) is 10.2 Å². The summed E-state index contributed by atoms with van der Waals surface area (Å²) in [6.07, 6.45) is 0. The number of thiazole rings is 1. The van der Waals surface area contributed by atoms with Gasteiger partial charge in [0.25, 0.3) is 0 Å². The Hall–Kier alpha value is -1.59. The number of fused-ring (bicyclic) bond motifs is 1. The van der Waals surface area contributed by atoms with Crippen molar-refractivity contribution in [3.05, 3.63) is 52.5 Å². The Morgan fingerprint density at radius 2 is 2.00 bits per heavy atom. The first-order valence-electron chi connectivity index (χ1n) is 6.17. The fourth-order valence-corrected chi connectivity index (χ4v) is 3.09. The number of methoxy groups -OCH3 is 1. The van der Waals surface area contributed by atoms with Crippen molar-refractivity contribution in [3.8, 4) is 5.75 Å². The van der Waals surface area contributed by atoms with Crippen LogP contribution >= 0.6 is 27.3 Å². The maximum absolute atomic E-state index is 5.15. The topological polar surface area (TPSA) is 34.1 Å². The second kappa shape index (κ2) is 5.81.